The Morgan fingerprint density at radius 1 is 1.25 bits per heavy atom. The molecular formula is C14H16NO5-. The van der Waals surface area contributed by atoms with Crippen LogP contribution in [0.5, 0.6) is 0 Å². The van der Waals surface area contributed by atoms with Crippen LogP contribution in [0.1, 0.15) is 25.3 Å². The van der Waals surface area contributed by atoms with Gasteiger partial charge in [0.1, 0.15) is 6.61 Å². The molecule has 1 aromatic carbocycles. The highest BCUT2D eigenvalue weighted by Crippen LogP contribution is 2.04. The fourth-order valence-corrected chi connectivity index (χ4v) is 1.57. The van der Waals surface area contributed by atoms with Gasteiger partial charge in [0.25, 0.3) is 0 Å². The van der Waals surface area contributed by atoms with E-state index in [4.69, 9.17) is 4.74 Å². The van der Waals surface area contributed by atoms with Gasteiger partial charge in [-0.15, -0.1) is 0 Å². The van der Waals surface area contributed by atoms with E-state index in [9.17, 15) is 19.5 Å². The van der Waals surface area contributed by atoms with E-state index in [2.05, 4.69) is 5.32 Å². The fraction of sp³-hybridized carbons (Fsp3) is 0.357. The van der Waals surface area contributed by atoms with Gasteiger partial charge in [-0.3, -0.25) is 9.59 Å². The molecule has 0 saturated heterocycles. The summed E-state index contributed by atoms with van der Waals surface area (Å²) in [5.74, 6) is -2.43. The third-order valence-electron chi connectivity index (χ3n) is 2.54. The molecule has 1 amide bonds. The Kier molecular flexibility index (Phi) is 6.22. The van der Waals surface area contributed by atoms with Gasteiger partial charge in [-0.2, -0.15) is 0 Å². The smallest absolute Gasteiger partial charge is 0.306 e. The van der Waals surface area contributed by atoms with E-state index >= 15 is 0 Å². The second kappa shape index (κ2) is 7.93. The van der Waals surface area contributed by atoms with Crippen LogP contribution < -0.4 is 10.4 Å². The molecule has 1 rings (SSSR count). The molecule has 0 heterocycles. The number of hydrogen-bond donors (Lipinski definition) is 1. The average Bonchev–Trinajstić information content (AvgIpc) is 2.41. The maximum Gasteiger partial charge on any atom is 0.306 e. The summed E-state index contributed by atoms with van der Waals surface area (Å²) in [6.45, 7) is 1.33. The number of carbonyl (C=O) groups is 3. The van der Waals surface area contributed by atoms with Gasteiger partial charge < -0.3 is 20.0 Å². The molecule has 6 heteroatoms. The summed E-state index contributed by atoms with van der Waals surface area (Å²) in [5, 5.41) is 12.9. The number of carboxylic acid groups (broad SMARTS) is 1. The Bertz CT molecular complexity index is 472. The first-order chi connectivity index (χ1) is 9.49. The van der Waals surface area contributed by atoms with Crippen molar-refractivity contribution < 1.29 is 24.2 Å². The Balaban J connectivity index is 2.34. The van der Waals surface area contributed by atoms with Crippen LogP contribution in [0.15, 0.2) is 30.3 Å². The van der Waals surface area contributed by atoms with Gasteiger partial charge in [-0.05, 0) is 12.0 Å². The second-order valence-electron chi connectivity index (χ2n) is 4.26. The van der Waals surface area contributed by atoms with Crippen molar-refractivity contribution in [1.82, 2.24) is 5.32 Å². The van der Waals surface area contributed by atoms with E-state index < -0.39 is 23.9 Å². The van der Waals surface area contributed by atoms with Crippen molar-refractivity contribution >= 4 is 17.8 Å². The van der Waals surface area contributed by atoms with Crippen LogP contribution in [0.2, 0.25) is 0 Å². The zero-order valence-electron chi connectivity index (χ0n) is 11.1. The monoisotopic (exact) mass is 278 g/mol. The van der Waals surface area contributed by atoms with Gasteiger partial charge in [0.15, 0.2) is 0 Å². The van der Waals surface area contributed by atoms with Crippen LogP contribution in [0.25, 0.3) is 0 Å². The van der Waals surface area contributed by atoms with Crippen molar-refractivity contribution in [2.75, 3.05) is 0 Å². The minimum atomic E-state index is -1.42. The summed E-state index contributed by atoms with van der Waals surface area (Å²) >= 11 is 0. The number of esters is 1. The molecule has 0 saturated carbocycles. The number of aliphatic carboxylic acids is 1. The molecule has 20 heavy (non-hydrogen) atoms. The summed E-state index contributed by atoms with van der Waals surface area (Å²) < 4.78 is 5.00. The van der Waals surface area contributed by atoms with Crippen LogP contribution in [-0.2, 0) is 25.7 Å². The molecule has 0 aliphatic carbocycles. The molecule has 1 aromatic rings. The molecule has 0 spiro atoms. The summed E-state index contributed by atoms with van der Waals surface area (Å²) in [7, 11) is 0. The minimum absolute atomic E-state index is 0.0600. The summed E-state index contributed by atoms with van der Waals surface area (Å²) in [6, 6.07) is 7.95. The van der Waals surface area contributed by atoms with E-state index in [0.717, 1.165) is 5.56 Å². The molecule has 0 unspecified atom stereocenters. The maximum atomic E-state index is 11.5. The van der Waals surface area contributed by atoms with Crippen LogP contribution in [0.3, 0.4) is 0 Å². The first-order valence-corrected chi connectivity index (χ1v) is 6.16. The maximum absolute atomic E-state index is 11.5. The van der Waals surface area contributed by atoms with Gasteiger partial charge in [-0.1, -0.05) is 30.3 Å². The fourth-order valence-electron chi connectivity index (χ4n) is 1.57. The average molecular weight is 278 g/mol. The molecule has 108 valence electrons. The highest BCUT2D eigenvalue weighted by atomic mass is 16.5. The van der Waals surface area contributed by atoms with Gasteiger partial charge in [0.05, 0.1) is 12.0 Å². The predicted molar refractivity (Wildman–Crippen MR) is 68.1 cm³/mol. The SMILES string of the molecule is CC(=O)N[C@@H](CCC(=O)OCc1ccccc1)C(=O)[O-]. The van der Waals surface area contributed by atoms with Crippen molar-refractivity contribution in [1.29, 1.82) is 0 Å². The lowest BCUT2D eigenvalue weighted by atomic mass is 10.1. The molecule has 0 bridgehead atoms. The summed E-state index contributed by atoms with van der Waals surface area (Å²) in [6.07, 6.45) is -0.165. The van der Waals surface area contributed by atoms with E-state index in [-0.39, 0.29) is 19.4 Å². The number of nitrogens with one attached hydrogen (secondary N) is 1. The Morgan fingerprint density at radius 3 is 2.45 bits per heavy atom. The van der Waals surface area contributed by atoms with Crippen LogP contribution in [-0.4, -0.2) is 23.9 Å². The standard InChI is InChI=1S/C14H17NO5/c1-10(16)15-12(14(18)19)7-8-13(17)20-9-11-5-3-2-4-6-11/h2-6,12H,7-9H2,1H3,(H,15,16)(H,18,19)/p-1/t12-/m0/s1. The Hall–Kier alpha value is -2.37. The van der Waals surface area contributed by atoms with Crippen molar-refractivity contribution in [3.8, 4) is 0 Å². The highest BCUT2D eigenvalue weighted by molar-refractivity contribution is 5.81. The predicted octanol–water partition coefficient (Wildman–Crippen LogP) is -0.235. The largest absolute Gasteiger partial charge is 0.548 e. The Labute approximate surface area is 116 Å². The Morgan fingerprint density at radius 2 is 1.90 bits per heavy atom. The van der Waals surface area contributed by atoms with Crippen molar-refractivity contribution in [2.24, 2.45) is 0 Å². The lowest BCUT2D eigenvalue weighted by Crippen LogP contribution is -2.47. The van der Waals surface area contributed by atoms with Gasteiger partial charge in [0.2, 0.25) is 5.91 Å². The minimum Gasteiger partial charge on any atom is -0.548 e. The number of carboxylic acids is 1. The third-order valence-corrected chi connectivity index (χ3v) is 2.54. The van der Waals surface area contributed by atoms with Gasteiger partial charge in [0, 0.05) is 13.3 Å². The lowest BCUT2D eigenvalue weighted by molar-refractivity contribution is -0.308. The van der Waals surface area contributed by atoms with Crippen LogP contribution >= 0.6 is 0 Å². The molecule has 0 fully saturated rings. The van der Waals surface area contributed by atoms with Crippen molar-refractivity contribution in [2.45, 2.75) is 32.4 Å². The number of rotatable bonds is 7. The van der Waals surface area contributed by atoms with E-state index in [1.165, 1.54) is 6.92 Å². The van der Waals surface area contributed by atoms with Gasteiger partial charge >= 0.3 is 5.97 Å². The van der Waals surface area contributed by atoms with E-state index in [0.29, 0.717) is 0 Å². The zero-order valence-corrected chi connectivity index (χ0v) is 11.1. The molecule has 0 aromatic heterocycles. The molecule has 0 aliphatic heterocycles. The van der Waals surface area contributed by atoms with E-state index in [1.54, 1.807) is 0 Å². The van der Waals surface area contributed by atoms with E-state index in [1.807, 2.05) is 30.3 Å². The van der Waals surface area contributed by atoms with Crippen molar-refractivity contribution in [3.05, 3.63) is 35.9 Å². The molecule has 1 atom stereocenters. The normalized spacial score (nSPS) is 11.4. The zero-order chi connectivity index (χ0) is 15.0. The lowest BCUT2D eigenvalue weighted by Gasteiger charge is -2.18. The molecule has 0 aliphatic rings. The number of hydrogen-bond acceptors (Lipinski definition) is 5. The van der Waals surface area contributed by atoms with Gasteiger partial charge in [-0.25, -0.2) is 0 Å². The number of amides is 1. The number of carbonyl (C=O) groups excluding carboxylic acids is 3. The molecule has 6 nitrogen and oxygen atoms in total. The number of ether oxygens (including phenoxy) is 1. The van der Waals surface area contributed by atoms with Crippen molar-refractivity contribution in [3.63, 3.8) is 0 Å². The van der Waals surface area contributed by atoms with Crippen LogP contribution in [0, 0.1) is 0 Å². The third kappa shape index (κ3) is 5.99. The molecule has 0 radical (unpaired) electrons. The first kappa shape index (κ1) is 15.7. The highest BCUT2D eigenvalue weighted by Gasteiger charge is 2.14. The first-order valence-electron chi connectivity index (χ1n) is 6.16. The quantitative estimate of drug-likeness (QED) is 0.695. The summed E-state index contributed by atoms with van der Waals surface area (Å²) in [4.78, 5) is 33.0. The second-order valence-corrected chi connectivity index (χ2v) is 4.26. The molecular weight excluding hydrogens is 262 g/mol. The molecule has 1 N–H and O–H groups in total. The van der Waals surface area contributed by atoms with Crippen LogP contribution in [0.4, 0.5) is 0 Å². The number of benzene rings is 1. The summed E-state index contributed by atoms with van der Waals surface area (Å²) in [5.41, 5.74) is 0.846. The topological polar surface area (TPSA) is 95.5 Å².